The molecule has 0 saturated carbocycles. The number of thioether (sulfide) groups is 1. The highest BCUT2D eigenvalue weighted by Crippen LogP contribution is 2.23. The Bertz CT molecular complexity index is 1040. The topological polar surface area (TPSA) is 58.2 Å². The zero-order valence-electron chi connectivity index (χ0n) is 15.5. The number of hydrogen-bond acceptors (Lipinski definition) is 3. The number of benzene rings is 3. The van der Waals surface area contributed by atoms with Crippen molar-refractivity contribution in [1.82, 2.24) is 0 Å². The van der Waals surface area contributed by atoms with E-state index in [9.17, 15) is 14.0 Å². The lowest BCUT2D eigenvalue weighted by Crippen LogP contribution is -2.15. The van der Waals surface area contributed by atoms with Crippen LogP contribution in [0, 0.1) is 12.7 Å². The summed E-state index contributed by atoms with van der Waals surface area (Å²) in [7, 11) is 0. The van der Waals surface area contributed by atoms with Gasteiger partial charge in [0.2, 0.25) is 5.91 Å². The van der Waals surface area contributed by atoms with E-state index in [4.69, 9.17) is 0 Å². The molecule has 0 aliphatic heterocycles. The Kier molecular flexibility index (Phi) is 7.06. The van der Waals surface area contributed by atoms with Crippen LogP contribution in [0.25, 0.3) is 0 Å². The number of aryl methyl sites for hydroxylation is 1. The zero-order chi connectivity index (χ0) is 20.8. The molecule has 3 aromatic carbocycles. The summed E-state index contributed by atoms with van der Waals surface area (Å²) >= 11 is 4.50. The van der Waals surface area contributed by atoms with Crippen LogP contribution in [0.2, 0.25) is 0 Å². The van der Waals surface area contributed by atoms with Gasteiger partial charge in [-0.1, -0.05) is 33.6 Å². The molecule has 29 heavy (non-hydrogen) atoms. The number of amides is 2. The maximum Gasteiger partial charge on any atom is 0.255 e. The van der Waals surface area contributed by atoms with Gasteiger partial charge in [-0.25, -0.2) is 4.39 Å². The molecule has 0 saturated heterocycles. The Morgan fingerprint density at radius 1 is 1.00 bits per heavy atom. The molecular weight excluding hydrogens is 455 g/mol. The van der Waals surface area contributed by atoms with Gasteiger partial charge < -0.3 is 10.6 Å². The largest absolute Gasteiger partial charge is 0.323 e. The smallest absolute Gasteiger partial charge is 0.255 e. The van der Waals surface area contributed by atoms with Crippen LogP contribution in [0.4, 0.5) is 15.8 Å². The van der Waals surface area contributed by atoms with Gasteiger partial charge in [-0.3, -0.25) is 9.59 Å². The molecule has 0 radical (unpaired) electrons. The van der Waals surface area contributed by atoms with Crippen LogP contribution in [0.15, 0.2) is 76.1 Å². The fourth-order valence-corrected chi connectivity index (χ4v) is 3.58. The van der Waals surface area contributed by atoms with E-state index >= 15 is 0 Å². The van der Waals surface area contributed by atoms with E-state index < -0.39 is 5.82 Å². The van der Waals surface area contributed by atoms with E-state index in [1.807, 2.05) is 37.3 Å². The summed E-state index contributed by atoms with van der Waals surface area (Å²) in [6.45, 7) is 1.93. The first-order valence-electron chi connectivity index (χ1n) is 8.76. The predicted octanol–water partition coefficient (Wildman–Crippen LogP) is 5.88. The first-order valence-corrected chi connectivity index (χ1v) is 10.5. The molecule has 3 aromatic rings. The van der Waals surface area contributed by atoms with Crippen LogP contribution >= 0.6 is 27.7 Å². The molecule has 0 fully saturated rings. The van der Waals surface area contributed by atoms with Gasteiger partial charge >= 0.3 is 0 Å². The molecule has 0 aromatic heterocycles. The van der Waals surface area contributed by atoms with Gasteiger partial charge in [-0.05, 0) is 61.5 Å². The van der Waals surface area contributed by atoms with Gasteiger partial charge in [0.25, 0.3) is 5.91 Å². The van der Waals surface area contributed by atoms with E-state index in [-0.39, 0.29) is 23.3 Å². The van der Waals surface area contributed by atoms with Crippen LogP contribution < -0.4 is 10.6 Å². The molecule has 2 N–H and O–H groups in total. The minimum absolute atomic E-state index is 0.143. The summed E-state index contributed by atoms with van der Waals surface area (Å²) in [5.41, 5.74) is 2.43. The van der Waals surface area contributed by atoms with Gasteiger partial charge in [0.05, 0.1) is 11.4 Å². The standard InChI is InChI=1S/C22H18BrFN2O2S/c1-14-3-2-4-15(11-14)22(28)25-17-6-8-18(9-7-17)29-13-21(27)26-20-10-5-16(23)12-19(20)24/h2-12H,13H2,1H3,(H,25,28)(H,26,27). The highest BCUT2D eigenvalue weighted by Gasteiger charge is 2.09. The Balaban J connectivity index is 1.52. The molecule has 7 heteroatoms. The monoisotopic (exact) mass is 472 g/mol. The third-order valence-corrected chi connectivity index (χ3v) is 5.47. The number of halogens is 2. The molecule has 0 bridgehead atoms. The summed E-state index contributed by atoms with van der Waals surface area (Å²) in [6, 6.07) is 19.0. The van der Waals surface area contributed by atoms with Crippen LogP contribution in [0.3, 0.4) is 0 Å². The summed E-state index contributed by atoms with van der Waals surface area (Å²) in [6.07, 6.45) is 0. The number of nitrogens with one attached hydrogen (secondary N) is 2. The fourth-order valence-electron chi connectivity index (χ4n) is 2.55. The number of rotatable bonds is 6. The van der Waals surface area contributed by atoms with Crippen molar-refractivity contribution in [1.29, 1.82) is 0 Å². The van der Waals surface area contributed by atoms with Gasteiger partial charge in [-0.15, -0.1) is 11.8 Å². The third kappa shape index (κ3) is 6.17. The summed E-state index contributed by atoms with van der Waals surface area (Å²) < 4.78 is 14.4. The second kappa shape index (κ2) is 9.71. The third-order valence-electron chi connectivity index (χ3n) is 3.97. The van der Waals surface area contributed by atoms with Crippen LogP contribution in [-0.4, -0.2) is 17.6 Å². The first kappa shape index (κ1) is 21.1. The maximum atomic E-state index is 13.8. The van der Waals surface area contributed by atoms with Crippen molar-refractivity contribution in [2.24, 2.45) is 0 Å². The Hall–Kier alpha value is -2.64. The SMILES string of the molecule is Cc1cccc(C(=O)Nc2ccc(SCC(=O)Nc3ccc(Br)cc3F)cc2)c1. The quantitative estimate of drug-likeness (QED) is 0.440. The van der Waals surface area contributed by atoms with E-state index in [1.165, 1.54) is 23.9 Å². The second-order valence-corrected chi connectivity index (χ2v) is 8.27. The minimum Gasteiger partial charge on any atom is -0.323 e. The molecule has 2 amide bonds. The molecule has 0 aliphatic rings. The Morgan fingerprint density at radius 2 is 1.76 bits per heavy atom. The second-order valence-electron chi connectivity index (χ2n) is 6.31. The summed E-state index contributed by atoms with van der Waals surface area (Å²) in [5.74, 6) is -0.825. The van der Waals surface area contributed by atoms with Gasteiger partial charge in [-0.2, -0.15) is 0 Å². The lowest BCUT2D eigenvalue weighted by atomic mass is 10.1. The van der Waals surface area contributed by atoms with E-state index in [1.54, 1.807) is 24.3 Å². The van der Waals surface area contributed by atoms with Crippen molar-refractivity contribution in [3.63, 3.8) is 0 Å². The van der Waals surface area contributed by atoms with E-state index in [2.05, 4.69) is 26.6 Å². The number of carbonyl (C=O) groups excluding carboxylic acids is 2. The van der Waals surface area contributed by atoms with Crippen LogP contribution in [0.5, 0.6) is 0 Å². The highest BCUT2D eigenvalue weighted by atomic mass is 79.9. The predicted molar refractivity (Wildman–Crippen MR) is 119 cm³/mol. The van der Waals surface area contributed by atoms with Crippen molar-refractivity contribution >= 4 is 50.9 Å². The van der Waals surface area contributed by atoms with Gasteiger partial charge in [0, 0.05) is 20.6 Å². The van der Waals surface area contributed by atoms with Gasteiger partial charge in [0.15, 0.2) is 0 Å². The minimum atomic E-state index is -0.494. The molecule has 4 nitrogen and oxygen atoms in total. The fraction of sp³-hybridized carbons (Fsp3) is 0.0909. The van der Waals surface area contributed by atoms with Gasteiger partial charge in [0.1, 0.15) is 5.82 Å². The number of hydrogen-bond donors (Lipinski definition) is 2. The maximum absolute atomic E-state index is 13.8. The average Bonchev–Trinajstić information content (AvgIpc) is 2.69. The molecule has 3 rings (SSSR count). The summed E-state index contributed by atoms with van der Waals surface area (Å²) in [4.78, 5) is 25.2. The molecule has 0 aliphatic carbocycles. The molecular formula is C22H18BrFN2O2S. The lowest BCUT2D eigenvalue weighted by molar-refractivity contribution is -0.113. The average molecular weight is 473 g/mol. The highest BCUT2D eigenvalue weighted by molar-refractivity contribution is 9.10. The van der Waals surface area contributed by atoms with Crippen molar-refractivity contribution in [2.75, 3.05) is 16.4 Å². The number of anilines is 2. The first-order chi connectivity index (χ1) is 13.9. The normalized spacial score (nSPS) is 10.4. The zero-order valence-corrected chi connectivity index (χ0v) is 17.9. The Labute approximate surface area is 181 Å². The van der Waals surface area contributed by atoms with Crippen molar-refractivity contribution in [3.8, 4) is 0 Å². The van der Waals surface area contributed by atoms with Crippen molar-refractivity contribution < 1.29 is 14.0 Å². The molecule has 0 spiro atoms. The molecule has 148 valence electrons. The summed E-state index contributed by atoms with van der Waals surface area (Å²) in [5, 5.41) is 5.40. The van der Waals surface area contributed by atoms with E-state index in [0.717, 1.165) is 10.5 Å². The van der Waals surface area contributed by atoms with E-state index in [0.29, 0.717) is 15.7 Å². The van der Waals surface area contributed by atoms with Crippen molar-refractivity contribution in [2.45, 2.75) is 11.8 Å². The van der Waals surface area contributed by atoms with Crippen molar-refractivity contribution in [3.05, 3.63) is 88.1 Å². The van der Waals surface area contributed by atoms with Crippen LogP contribution in [-0.2, 0) is 4.79 Å². The lowest BCUT2D eigenvalue weighted by Gasteiger charge is -2.08. The molecule has 0 atom stereocenters. The van der Waals surface area contributed by atoms with Crippen LogP contribution in [0.1, 0.15) is 15.9 Å². The molecule has 0 heterocycles. The Morgan fingerprint density at radius 3 is 2.45 bits per heavy atom. The number of carbonyl (C=O) groups is 2. The molecule has 0 unspecified atom stereocenters.